The van der Waals surface area contributed by atoms with Crippen molar-refractivity contribution in [1.29, 1.82) is 0 Å². The Morgan fingerprint density at radius 2 is 2.00 bits per heavy atom. The number of nitrogens with zero attached hydrogens (tertiary/aromatic N) is 1. The number of hydrazone groups is 1. The Morgan fingerprint density at radius 3 is 2.50 bits per heavy atom. The first-order valence-corrected chi connectivity index (χ1v) is 6.30. The highest BCUT2D eigenvalue weighted by Crippen LogP contribution is 2.14. The van der Waals surface area contributed by atoms with E-state index in [-0.39, 0.29) is 16.6 Å². The molecule has 0 fully saturated rings. The summed E-state index contributed by atoms with van der Waals surface area (Å²) in [5.74, 6) is -1.50. The van der Waals surface area contributed by atoms with Gasteiger partial charge in [-0.2, -0.15) is 5.10 Å². The number of nitrogens with one attached hydrogen (secondary N) is 1. The lowest BCUT2D eigenvalue weighted by molar-refractivity contribution is -0.133. The number of hydrogen-bond acceptors (Lipinski definition) is 5. The van der Waals surface area contributed by atoms with Gasteiger partial charge >= 0.3 is 5.97 Å². The Bertz CT molecular complexity index is 474. The molecule has 5 nitrogen and oxygen atoms in total. The van der Waals surface area contributed by atoms with Crippen molar-refractivity contribution in [2.24, 2.45) is 5.10 Å². The Kier molecular flexibility index (Phi) is 5.67. The van der Waals surface area contributed by atoms with Crippen molar-refractivity contribution in [3.8, 4) is 0 Å². The first kappa shape index (κ1) is 14.5. The number of thioether (sulfide) groups is 1. The summed E-state index contributed by atoms with van der Waals surface area (Å²) in [5.41, 5.74) is 3.33. The van der Waals surface area contributed by atoms with Crippen molar-refractivity contribution >= 4 is 45.8 Å². The molecular weight excluding hydrogens is 276 g/mol. The zero-order valence-corrected chi connectivity index (χ0v) is 11.1. The summed E-state index contributed by atoms with van der Waals surface area (Å²) in [6, 6.07) is 6.76. The number of hydrogen-bond donors (Lipinski definition) is 2. The molecule has 0 heterocycles. The average Bonchev–Trinajstić information content (AvgIpc) is 2.30. The molecule has 1 rings (SSSR count). The quantitative estimate of drug-likeness (QED) is 0.494. The molecule has 1 aromatic carbocycles. The van der Waals surface area contributed by atoms with Gasteiger partial charge in [-0.25, -0.2) is 0 Å². The fraction of sp³-hybridized carbons (Fsp3) is 0.182. The van der Waals surface area contributed by atoms with E-state index in [2.05, 4.69) is 10.5 Å². The number of anilines is 1. The summed E-state index contributed by atoms with van der Waals surface area (Å²) in [6.45, 7) is 1.33. The van der Waals surface area contributed by atoms with Gasteiger partial charge in [-0.15, -0.1) is 0 Å². The third-order valence-corrected chi connectivity index (χ3v) is 3.06. The minimum absolute atomic E-state index is 0.118. The minimum atomic E-state index is -1.000. The maximum Gasteiger partial charge on any atom is 0.313 e. The van der Waals surface area contributed by atoms with Gasteiger partial charge < -0.3 is 5.11 Å². The number of rotatable bonds is 5. The molecule has 0 aliphatic carbocycles. The molecule has 2 N–H and O–H groups in total. The number of carboxylic acid groups (broad SMARTS) is 1. The zero-order chi connectivity index (χ0) is 13.5. The van der Waals surface area contributed by atoms with Crippen molar-refractivity contribution in [3.05, 3.63) is 29.3 Å². The van der Waals surface area contributed by atoms with Crippen LogP contribution in [0.2, 0.25) is 5.02 Å². The standard InChI is InChI=1S/C11H11ClN2O3S/c1-7(15)11(18-6-10(16)17)14-13-9-4-2-8(12)3-5-9/h2-5,13H,6H2,1H3,(H,16,17)/b14-11-. The van der Waals surface area contributed by atoms with E-state index in [0.29, 0.717) is 10.7 Å². The minimum Gasteiger partial charge on any atom is -0.481 e. The van der Waals surface area contributed by atoms with Crippen molar-refractivity contribution < 1.29 is 14.7 Å². The zero-order valence-electron chi connectivity index (χ0n) is 9.51. The topological polar surface area (TPSA) is 78.8 Å². The number of ketones is 1. The highest BCUT2D eigenvalue weighted by molar-refractivity contribution is 8.16. The van der Waals surface area contributed by atoms with E-state index in [4.69, 9.17) is 16.7 Å². The number of benzene rings is 1. The number of aliphatic carboxylic acids is 1. The second-order valence-corrected chi connectivity index (χ2v) is 4.67. The van der Waals surface area contributed by atoms with Crippen molar-refractivity contribution in [1.82, 2.24) is 0 Å². The second kappa shape index (κ2) is 7.03. The molecule has 0 unspecified atom stereocenters. The van der Waals surface area contributed by atoms with E-state index in [1.807, 2.05) is 0 Å². The predicted molar refractivity (Wildman–Crippen MR) is 73.3 cm³/mol. The molecule has 0 aliphatic heterocycles. The van der Waals surface area contributed by atoms with E-state index in [9.17, 15) is 9.59 Å². The largest absolute Gasteiger partial charge is 0.481 e. The van der Waals surface area contributed by atoms with Crippen LogP contribution in [0.1, 0.15) is 6.92 Å². The Balaban J connectivity index is 2.68. The fourth-order valence-electron chi connectivity index (χ4n) is 0.982. The third-order valence-electron chi connectivity index (χ3n) is 1.76. The monoisotopic (exact) mass is 286 g/mol. The molecule has 1 aromatic rings. The summed E-state index contributed by atoms with van der Waals surface area (Å²) < 4.78 is 0. The van der Waals surface area contributed by atoms with Gasteiger partial charge in [0, 0.05) is 11.9 Å². The summed E-state index contributed by atoms with van der Waals surface area (Å²) in [7, 11) is 0. The maximum absolute atomic E-state index is 11.2. The van der Waals surface area contributed by atoms with Crippen LogP contribution in [0.15, 0.2) is 29.4 Å². The number of carbonyl (C=O) groups excluding carboxylic acids is 1. The van der Waals surface area contributed by atoms with Crippen LogP contribution in [-0.4, -0.2) is 27.7 Å². The summed E-state index contributed by atoms with van der Waals surface area (Å²) in [6.07, 6.45) is 0. The van der Waals surface area contributed by atoms with Crippen molar-refractivity contribution in [2.75, 3.05) is 11.2 Å². The van der Waals surface area contributed by atoms with Gasteiger partial charge in [0.25, 0.3) is 0 Å². The molecule has 0 aliphatic rings. The van der Waals surface area contributed by atoms with Gasteiger partial charge in [0.15, 0.2) is 10.8 Å². The maximum atomic E-state index is 11.2. The molecule has 0 amide bonds. The van der Waals surface area contributed by atoms with Crippen LogP contribution < -0.4 is 5.43 Å². The molecule has 0 saturated carbocycles. The first-order chi connectivity index (χ1) is 8.49. The molecule has 0 spiro atoms. The number of halogens is 1. The lowest BCUT2D eigenvalue weighted by Gasteiger charge is -2.03. The molecule has 0 bridgehead atoms. The van der Waals surface area contributed by atoms with Crippen LogP contribution in [0.25, 0.3) is 0 Å². The van der Waals surface area contributed by atoms with Gasteiger partial charge in [-0.05, 0) is 24.3 Å². The molecule has 0 radical (unpaired) electrons. The summed E-state index contributed by atoms with van der Waals surface area (Å²) in [4.78, 5) is 21.6. The van der Waals surface area contributed by atoms with Crippen LogP contribution in [0.4, 0.5) is 5.69 Å². The Hall–Kier alpha value is -1.53. The van der Waals surface area contributed by atoms with Crippen molar-refractivity contribution in [3.63, 3.8) is 0 Å². The lowest BCUT2D eigenvalue weighted by Crippen LogP contribution is -2.11. The summed E-state index contributed by atoms with van der Waals surface area (Å²) in [5, 5.41) is 13.1. The predicted octanol–water partition coefficient (Wildman–Crippen LogP) is 2.47. The number of carbonyl (C=O) groups is 2. The van der Waals surface area contributed by atoms with E-state index in [1.54, 1.807) is 24.3 Å². The first-order valence-electron chi connectivity index (χ1n) is 4.94. The lowest BCUT2D eigenvalue weighted by atomic mass is 10.3. The average molecular weight is 287 g/mol. The second-order valence-electron chi connectivity index (χ2n) is 3.27. The Labute approximate surface area is 113 Å². The van der Waals surface area contributed by atoms with Crippen LogP contribution >= 0.6 is 23.4 Å². The highest BCUT2D eigenvalue weighted by atomic mass is 35.5. The van der Waals surface area contributed by atoms with Gasteiger partial charge in [0.2, 0.25) is 0 Å². The van der Waals surface area contributed by atoms with E-state index in [1.165, 1.54) is 6.92 Å². The number of carboxylic acids is 1. The van der Waals surface area contributed by atoms with E-state index < -0.39 is 5.97 Å². The summed E-state index contributed by atoms with van der Waals surface area (Å²) >= 11 is 6.59. The molecule has 96 valence electrons. The molecule has 7 heteroatoms. The van der Waals surface area contributed by atoms with Gasteiger partial charge in [-0.3, -0.25) is 15.0 Å². The van der Waals surface area contributed by atoms with Crippen LogP contribution in [0.3, 0.4) is 0 Å². The van der Waals surface area contributed by atoms with Gasteiger partial charge in [0.1, 0.15) is 0 Å². The normalized spacial score (nSPS) is 11.1. The Morgan fingerprint density at radius 1 is 1.39 bits per heavy atom. The van der Waals surface area contributed by atoms with Crippen LogP contribution in [0.5, 0.6) is 0 Å². The third kappa shape index (κ3) is 5.20. The smallest absolute Gasteiger partial charge is 0.313 e. The molecule has 0 aromatic heterocycles. The molecule has 0 atom stereocenters. The van der Waals surface area contributed by atoms with Crippen molar-refractivity contribution in [2.45, 2.75) is 6.92 Å². The molecule has 0 saturated heterocycles. The molecular formula is C11H11ClN2O3S. The van der Waals surface area contributed by atoms with Gasteiger partial charge in [-0.1, -0.05) is 23.4 Å². The van der Waals surface area contributed by atoms with Crippen LogP contribution in [0, 0.1) is 0 Å². The fourth-order valence-corrected chi connectivity index (χ4v) is 1.68. The SMILES string of the molecule is CC(=O)/C(=N/Nc1ccc(Cl)cc1)SCC(=O)O. The van der Waals surface area contributed by atoms with Gasteiger partial charge in [0.05, 0.1) is 11.4 Å². The molecule has 18 heavy (non-hydrogen) atoms. The highest BCUT2D eigenvalue weighted by Gasteiger charge is 2.09. The van der Waals surface area contributed by atoms with E-state index in [0.717, 1.165) is 11.8 Å². The van der Waals surface area contributed by atoms with Crippen LogP contribution in [-0.2, 0) is 9.59 Å². The number of Topliss-reactive ketones (excluding diaryl/α,β-unsaturated/α-hetero) is 1. The van der Waals surface area contributed by atoms with E-state index >= 15 is 0 Å².